The van der Waals surface area contributed by atoms with Gasteiger partial charge < -0.3 is 19.5 Å². The van der Waals surface area contributed by atoms with Crippen LogP contribution in [0.3, 0.4) is 0 Å². The predicted molar refractivity (Wildman–Crippen MR) is 102 cm³/mol. The van der Waals surface area contributed by atoms with Crippen molar-refractivity contribution in [1.29, 1.82) is 0 Å². The van der Waals surface area contributed by atoms with Gasteiger partial charge in [0, 0.05) is 6.54 Å². The highest BCUT2D eigenvalue weighted by atomic mass is 16.5. The minimum Gasteiger partial charge on any atom is -0.497 e. The minimum atomic E-state index is -0.849. The molecule has 0 amide bonds. The Morgan fingerprint density at radius 3 is 2.42 bits per heavy atom. The molecule has 0 bridgehead atoms. The van der Waals surface area contributed by atoms with E-state index < -0.39 is 11.9 Å². The number of aliphatic carboxylic acids is 1. The van der Waals surface area contributed by atoms with Crippen LogP contribution in [0.5, 0.6) is 11.5 Å². The Kier molecular flexibility index (Phi) is 7.48. The van der Waals surface area contributed by atoms with E-state index in [-0.39, 0.29) is 0 Å². The molecule has 0 aliphatic heterocycles. The number of rotatable bonds is 10. The molecule has 0 fully saturated rings. The number of ether oxygens (including phenoxy) is 2. The van der Waals surface area contributed by atoms with Gasteiger partial charge in [0.05, 0.1) is 19.6 Å². The summed E-state index contributed by atoms with van der Waals surface area (Å²) in [6, 6.07) is 14.8. The standard InChI is InChI=1S/C21H27NO4/c1-22(2)13-6-14-26-20-8-5-4-7-17(20)15-19(21(23)24)16-9-11-18(25-3)12-10-16/h4-5,7-12,19H,6,13-15H2,1-3H3,(H,23,24). The number of para-hydroxylation sites is 1. The van der Waals surface area contributed by atoms with Gasteiger partial charge in [-0.15, -0.1) is 0 Å². The van der Waals surface area contributed by atoms with E-state index in [1.165, 1.54) is 0 Å². The van der Waals surface area contributed by atoms with E-state index in [9.17, 15) is 9.90 Å². The summed E-state index contributed by atoms with van der Waals surface area (Å²) < 4.78 is 11.0. The van der Waals surface area contributed by atoms with Crippen molar-refractivity contribution in [2.24, 2.45) is 0 Å². The van der Waals surface area contributed by atoms with Crippen LogP contribution in [0, 0.1) is 0 Å². The van der Waals surface area contributed by atoms with E-state index in [1.807, 2.05) is 38.4 Å². The zero-order chi connectivity index (χ0) is 18.9. The van der Waals surface area contributed by atoms with Crippen LogP contribution < -0.4 is 9.47 Å². The molecule has 1 N–H and O–H groups in total. The van der Waals surface area contributed by atoms with Crippen LogP contribution in [0.1, 0.15) is 23.5 Å². The summed E-state index contributed by atoms with van der Waals surface area (Å²) in [5.74, 6) is -0.0152. The normalized spacial score (nSPS) is 12.0. The smallest absolute Gasteiger partial charge is 0.311 e. The molecule has 26 heavy (non-hydrogen) atoms. The molecule has 0 saturated heterocycles. The maximum Gasteiger partial charge on any atom is 0.311 e. The Morgan fingerprint density at radius 1 is 1.12 bits per heavy atom. The molecule has 5 nitrogen and oxygen atoms in total. The van der Waals surface area contributed by atoms with Crippen molar-refractivity contribution in [2.75, 3.05) is 34.4 Å². The van der Waals surface area contributed by atoms with Gasteiger partial charge >= 0.3 is 5.97 Å². The van der Waals surface area contributed by atoms with Gasteiger partial charge in [-0.25, -0.2) is 0 Å². The Morgan fingerprint density at radius 2 is 1.81 bits per heavy atom. The monoisotopic (exact) mass is 357 g/mol. The number of carboxylic acids is 1. The van der Waals surface area contributed by atoms with Crippen LogP contribution in [-0.2, 0) is 11.2 Å². The molecule has 0 heterocycles. The molecular formula is C21H27NO4. The molecule has 5 heteroatoms. The van der Waals surface area contributed by atoms with Crippen molar-refractivity contribution in [3.8, 4) is 11.5 Å². The zero-order valence-corrected chi connectivity index (χ0v) is 15.6. The molecular weight excluding hydrogens is 330 g/mol. The molecule has 0 radical (unpaired) electrons. The third-order valence-corrected chi connectivity index (χ3v) is 4.22. The average molecular weight is 357 g/mol. The molecule has 2 aromatic carbocycles. The maximum absolute atomic E-state index is 11.8. The van der Waals surface area contributed by atoms with Gasteiger partial charge in [0.15, 0.2) is 0 Å². The molecule has 2 aromatic rings. The first-order valence-corrected chi connectivity index (χ1v) is 8.73. The van der Waals surface area contributed by atoms with E-state index >= 15 is 0 Å². The van der Waals surface area contributed by atoms with Crippen LogP contribution >= 0.6 is 0 Å². The number of benzene rings is 2. The topological polar surface area (TPSA) is 59.0 Å². The first-order valence-electron chi connectivity index (χ1n) is 8.73. The lowest BCUT2D eigenvalue weighted by Gasteiger charge is -2.17. The number of nitrogens with zero attached hydrogens (tertiary/aromatic N) is 1. The van der Waals surface area contributed by atoms with E-state index in [0.29, 0.717) is 18.8 Å². The first-order chi connectivity index (χ1) is 12.5. The Labute approximate surface area is 155 Å². The lowest BCUT2D eigenvalue weighted by Crippen LogP contribution is -2.17. The molecule has 0 aliphatic rings. The number of methoxy groups -OCH3 is 1. The largest absolute Gasteiger partial charge is 0.497 e. The summed E-state index contributed by atoms with van der Waals surface area (Å²) >= 11 is 0. The SMILES string of the molecule is COc1ccc(C(Cc2ccccc2OCCCN(C)C)C(=O)O)cc1. The lowest BCUT2D eigenvalue weighted by atomic mass is 9.91. The second-order valence-corrected chi connectivity index (χ2v) is 6.48. The summed E-state index contributed by atoms with van der Waals surface area (Å²) in [4.78, 5) is 13.9. The van der Waals surface area contributed by atoms with E-state index in [0.717, 1.165) is 29.8 Å². The van der Waals surface area contributed by atoms with Gasteiger partial charge in [0.1, 0.15) is 11.5 Å². The molecule has 1 atom stereocenters. The summed E-state index contributed by atoms with van der Waals surface area (Å²) in [6.07, 6.45) is 1.30. The summed E-state index contributed by atoms with van der Waals surface area (Å²) in [5.41, 5.74) is 1.65. The van der Waals surface area contributed by atoms with Crippen molar-refractivity contribution in [3.63, 3.8) is 0 Å². The highest BCUT2D eigenvalue weighted by molar-refractivity contribution is 5.76. The van der Waals surface area contributed by atoms with Gasteiger partial charge in [0.2, 0.25) is 0 Å². The fourth-order valence-corrected chi connectivity index (χ4v) is 2.78. The van der Waals surface area contributed by atoms with Crippen LogP contribution in [0.25, 0.3) is 0 Å². The number of carbonyl (C=O) groups is 1. The van der Waals surface area contributed by atoms with Crippen LogP contribution in [0.15, 0.2) is 48.5 Å². The number of carboxylic acid groups (broad SMARTS) is 1. The first kappa shape index (κ1) is 19.8. The van der Waals surface area contributed by atoms with Crippen molar-refractivity contribution in [1.82, 2.24) is 4.90 Å². The summed E-state index contributed by atoms with van der Waals surface area (Å²) in [5, 5.41) is 9.70. The molecule has 0 aliphatic carbocycles. The maximum atomic E-state index is 11.8. The summed E-state index contributed by atoms with van der Waals surface area (Å²) in [7, 11) is 5.65. The Bertz CT molecular complexity index is 697. The fraction of sp³-hybridized carbons (Fsp3) is 0.381. The predicted octanol–water partition coefficient (Wildman–Crippen LogP) is 3.44. The fourth-order valence-electron chi connectivity index (χ4n) is 2.78. The van der Waals surface area contributed by atoms with E-state index in [1.54, 1.807) is 31.4 Å². The van der Waals surface area contributed by atoms with Crippen LogP contribution in [0.4, 0.5) is 0 Å². The van der Waals surface area contributed by atoms with Crippen molar-refractivity contribution in [2.45, 2.75) is 18.8 Å². The van der Waals surface area contributed by atoms with Crippen molar-refractivity contribution < 1.29 is 19.4 Å². The van der Waals surface area contributed by atoms with Gasteiger partial charge in [-0.05, 0) is 56.3 Å². The second kappa shape index (κ2) is 9.82. The van der Waals surface area contributed by atoms with E-state index in [2.05, 4.69) is 4.90 Å². The van der Waals surface area contributed by atoms with Crippen molar-refractivity contribution in [3.05, 3.63) is 59.7 Å². The minimum absolute atomic E-state index is 0.380. The average Bonchev–Trinajstić information content (AvgIpc) is 2.64. The lowest BCUT2D eigenvalue weighted by molar-refractivity contribution is -0.138. The Hall–Kier alpha value is -2.53. The molecule has 0 aromatic heterocycles. The molecule has 2 rings (SSSR count). The highest BCUT2D eigenvalue weighted by Crippen LogP contribution is 2.28. The highest BCUT2D eigenvalue weighted by Gasteiger charge is 2.22. The van der Waals surface area contributed by atoms with E-state index in [4.69, 9.17) is 9.47 Å². The number of hydrogen-bond donors (Lipinski definition) is 1. The molecule has 140 valence electrons. The molecule has 0 saturated carbocycles. The third-order valence-electron chi connectivity index (χ3n) is 4.22. The second-order valence-electron chi connectivity index (χ2n) is 6.48. The van der Waals surface area contributed by atoms with Gasteiger partial charge in [-0.1, -0.05) is 30.3 Å². The third kappa shape index (κ3) is 5.77. The summed E-state index contributed by atoms with van der Waals surface area (Å²) in [6.45, 7) is 1.56. The van der Waals surface area contributed by atoms with Gasteiger partial charge in [0.25, 0.3) is 0 Å². The van der Waals surface area contributed by atoms with Gasteiger partial charge in [-0.3, -0.25) is 4.79 Å². The van der Waals surface area contributed by atoms with Crippen LogP contribution in [0.2, 0.25) is 0 Å². The quantitative estimate of drug-likeness (QED) is 0.660. The Balaban J connectivity index is 2.11. The van der Waals surface area contributed by atoms with Crippen LogP contribution in [-0.4, -0.2) is 50.3 Å². The van der Waals surface area contributed by atoms with Gasteiger partial charge in [-0.2, -0.15) is 0 Å². The zero-order valence-electron chi connectivity index (χ0n) is 15.6. The number of hydrogen-bond acceptors (Lipinski definition) is 4. The van der Waals surface area contributed by atoms with Crippen molar-refractivity contribution >= 4 is 5.97 Å². The molecule has 0 spiro atoms. The molecule has 1 unspecified atom stereocenters.